The van der Waals surface area contributed by atoms with Gasteiger partial charge in [0.05, 0.1) is 6.10 Å². The van der Waals surface area contributed by atoms with Crippen molar-refractivity contribution < 1.29 is 9.47 Å². The van der Waals surface area contributed by atoms with E-state index in [0.29, 0.717) is 12.7 Å². The molecule has 116 valence electrons. The molecule has 0 atom stereocenters. The van der Waals surface area contributed by atoms with Crippen LogP contribution in [0.3, 0.4) is 0 Å². The summed E-state index contributed by atoms with van der Waals surface area (Å²) in [4.78, 5) is 0. The fourth-order valence-corrected chi connectivity index (χ4v) is 2.33. The molecular weight excluding hydrogens is 290 g/mol. The maximum Gasteiger partial charge on any atom is 0.175 e. The number of nitrogens with zero attached hydrogens (tertiary/aromatic N) is 3. The van der Waals surface area contributed by atoms with E-state index in [9.17, 15) is 0 Å². The van der Waals surface area contributed by atoms with Gasteiger partial charge in [-0.05, 0) is 37.1 Å². The van der Waals surface area contributed by atoms with Gasteiger partial charge in [-0.1, -0.05) is 24.3 Å². The molecule has 23 heavy (non-hydrogen) atoms. The lowest BCUT2D eigenvalue weighted by Gasteiger charge is -2.10. The zero-order valence-corrected chi connectivity index (χ0v) is 12.6. The van der Waals surface area contributed by atoms with E-state index < -0.39 is 0 Å². The second kappa shape index (κ2) is 6.12. The molecular formula is C18H17N3O2. The second-order valence-corrected chi connectivity index (χ2v) is 5.53. The van der Waals surface area contributed by atoms with Gasteiger partial charge < -0.3 is 9.47 Å². The highest BCUT2D eigenvalue weighted by Crippen LogP contribution is 2.28. The molecule has 1 fully saturated rings. The third kappa shape index (κ3) is 3.34. The van der Waals surface area contributed by atoms with Gasteiger partial charge in [0.1, 0.15) is 24.4 Å². The smallest absolute Gasteiger partial charge is 0.175 e. The number of para-hydroxylation sites is 1. The van der Waals surface area contributed by atoms with Crippen LogP contribution < -0.4 is 9.47 Å². The van der Waals surface area contributed by atoms with Gasteiger partial charge in [-0.15, -0.1) is 10.2 Å². The zero-order valence-electron chi connectivity index (χ0n) is 12.6. The molecule has 5 heteroatoms. The lowest BCUT2D eigenvalue weighted by Crippen LogP contribution is -2.05. The Balaban J connectivity index is 1.46. The fraction of sp³-hybridized carbons (Fsp3) is 0.222. The van der Waals surface area contributed by atoms with Gasteiger partial charge in [-0.2, -0.15) is 0 Å². The molecule has 0 amide bonds. The van der Waals surface area contributed by atoms with Gasteiger partial charge in [0, 0.05) is 11.8 Å². The molecule has 0 unspecified atom stereocenters. The fourth-order valence-electron chi connectivity index (χ4n) is 2.33. The average molecular weight is 307 g/mol. The monoisotopic (exact) mass is 307 g/mol. The van der Waals surface area contributed by atoms with Gasteiger partial charge in [-0.3, -0.25) is 4.57 Å². The van der Waals surface area contributed by atoms with Crippen LogP contribution in [-0.4, -0.2) is 20.9 Å². The predicted octanol–water partition coefficient (Wildman–Crippen LogP) is 3.39. The molecule has 3 aromatic rings. The van der Waals surface area contributed by atoms with E-state index in [1.165, 1.54) is 0 Å². The molecule has 0 radical (unpaired) electrons. The van der Waals surface area contributed by atoms with Gasteiger partial charge in [-0.25, -0.2) is 0 Å². The Labute approximate surface area is 134 Å². The summed E-state index contributed by atoms with van der Waals surface area (Å²) in [6.45, 7) is 0.349. The van der Waals surface area contributed by atoms with Crippen molar-refractivity contribution in [3.63, 3.8) is 0 Å². The molecule has 4 rings (SSSR count). The molecule has 1 saturated carbocycles. The van der Waals surface area contributed by atoms with E-state index in [-0.39, 0.29) is 0 Å². The number of benzene rings is 2. The molecule has 1 aliphatic carbocycles. The molecule has 0 saturated heterocycles. The first-order valence-electron chi connectivity index (χ1n) is 7.72. The van der Waals surface area contributed by atoms with Crippen molar-refractivity contribution >= 4 is 0 Å². The van der Waals surface area contributed by atoms with Crippen LogP contribution in [0.15, 0.2) is 60.9 Å². The predicted molar refractivity (Wildman–Crippen MR) is 85.8 cm³/mol. The van der Waals surface area contributed by atoms with Crippen molar-refractivity contribution in [3.05, 3.63) is 66.7 Å². The molecule has 0 spiro atoms. The Bertz CT molecular complexity index is 782. The van der Waals surface area contributed by atoms with Crippen LogP contribution in [0.1, 0.15) is 18.7 Å². The van der Waals surface area contributed by atoms with Crippen molar-refractivity contribution in [2.24, 2.45) is 0 Å². The lowest BCUT2D eigenvalue weighted by molar-refractivity contribution is 0.282. The van der Waals surface area contributed by atoms with Gasteiger partial charge in [0.25, 0.3) is 0 Å². The van der Waals surface area contributed by atoms with Crippen LogP contribution in [0.2, 0.25) is 0 Å². The third-order valence-electron chi connectivity index (χ3n) is 3.65. The van der Waals surface area contributed by atoms with E-state index in [2.05, 4.69) is 10.2 Å². The highest BCUT2D eigenvalue weighted by molar-refractivity contribution is 5.34. The van der Waals surface area contributed by atoms with Gasteiger partial charge >= 0.3 is 0 Å². The summed E-state index contributed by atoms with van der Waals surface area (Å²) in [5.41, 5.74) is 1.02. The van der Waals surface area contributed by atoms with E-state index in [4.69, 9.17) is 9.47 Å². The highest BCUT2D eigenvalue weighted by Gasteiger charge is 2.23. The number of hydrogen-bond donors (Lipinski definition) is 0. The standard InChI is InChI=1S/C18H17N3O2/c1-2-5-14(6-3-1)21-13-19-20-18(21)12-22-16-7-4-8-17(11-16)23-15-9-10-15/h1-8,11,13,15H,9-10,12H2. The normalized spacial score (nSPS) is 13.7. The Morgan fingerprint density at radius 1 is 1.00 bits per heavy atom. The number of ether oxygens (including phenoxy) is 2. The zero-order chi connectivity index (χ0) is 15.5. The first-order valence-corrected chi connectivity index (χ1v) is 7.72. The van der Waals surface area contributed by atoms with Crippen molar-refractivity contribution in [1.29, 1.82) is 0 Å². The maximum atomic E-state index is 5.85. The van der Waals surface area contributed by atoms with Crippen LogP contribution in [0.5, 0.6) is 11.5 Å². The lowest BCUT2D eigenvalue weighted by atomic mass is 10.3. The molecule has 1 aliphatic rings. The SMILES string of the molecule is c1ccc(-n2cnnc2COc2cccc(OC3CC3)c2)cc1. The third-order valence-corrected chi connectivity index (χ3v) is 3.65. The van der Waals surface area contributed by atoms with E-state index in [0.717, 1.165) is 35.9 Å². The summed E-state index contributed by atoms with van der Waals surface area (Å²) in [6, 6.07) is 17.7. The molecule has 1 heterocycles. The summed E-state index contributed by atoms with van der Waals surface area (Å²) < 4.78 is 13.6. The summed E-state index contributed by atoms with van der Waals surface area (Å²) >= 11 is 0. The minimum absolute atomic E-state index is 0.349. The van der Waals surface area contributed by atoms with Crippen LogP contribution in [0, 0.1) is 0 Å². The van der Waals surface area contributed by atoms with Crippen LogP contribution >= 0.6 is 0 Å². The van der Waals surface area contributed by atoms with Crippen LogP contribution in [0.4, 0.5) is 0 Å². The highest BCUT2D eigenvalue weighted by atomic mass is 16.5. The van der Waals surface area contributed by atoms with Gasteiger partial charge in [0.2, 0.25) is 0 Å². The van der Waals surface area contributed by atoms with Gasteiger partial charge in [0.15, 0.2) is 5.82 Å². The Morgan fingerprint density at radius 3 is 2.65 bits per heavy atom. The Morgan fingerprint density at radius 2 is 1.83 bits per heavy atom. The largest absolute Gasteiger partial charge is 0.490 e. The number of hydrogen-bond acceptors (Lipinski definition) is 4. The summed E-state index contributed by atoms with van der Waals surface area (Å²) in [7, 11) is 0. The average Bonchev–Trinajstić information content (AvgIpc) is 3.28. The molecule has 5 nitrogen and oxygen atoms in total. The molecule has 0 aliphatic heterocycles. The molecule has 2 aromatic carbocycles. The minimum Gasteiger partial charge on any atom is -0.490 e. The van der Waals surface area contributed by atoms with Crippen molar-refractivity contribution in [1.82, 2.24) is 14.8 Å². The topological polar surface area (TPSA) is 49.2 Å². The van der Waals surface area contributed by atoms with E-state index in [1.54, 1.807) is 6.33 Å². The first-order chi connectivity index (χ1) is 11.4. The minimum atomic E-state index is 0.349. The summed E-state index contributed by atoms with van der Waals surface area (Å²) in [5, 5.41) is 8.13. The van der Waals surface area contributed by atoms with Crippen LogP contribution in [0.25, 0.3) is 5.69 Å². The number of aromatic nitrogens is 3. The van der Waals surface area contributed by atoms with Crippen molar-refractivity contribution in [2.75, 3.05) is 0 Å². The molecule has 0 N–H and O–H groups in total. The number of rotatable bonds is 6. The quantitative estimate of drug-likeness (QED) is 0.700. The molecule has 0 bridgehead atoms. The first kappa shape index (κ1) is 13.8. The Kier molecular flexibility index (Phi) is 3.68. The summed E-state index contributed by atoms with van der Waals surface area (Å²) in [6.07, 6.45) is 4.36. The second-order valence-electron chi connectivity index (χ2n) is 5.53. The Hall–Kier alpha value is -2.82. The van der Waals surface area contributed by atoms with E-state index >= 15 is 0 Å². The van der Waals surface area contributed by atoms with E-state index in [1.807, 2.05) is 59.2 Å². The van der Waals surface area contributed by atoms with Crippen LogP contribution in [-0.2, 0) is 6.61 Å². The maximum absolute atomic E-state index is 5.85. The van der Waals surface area contributed by atoms with Crippen molar-refractivity contribution in [3.8, 4) is 17.2 Å². The molecule has 1 aromatic heterocycles. The van der Waals surface area contributed by atoms with Crippen molar-refractivity contribution in [2.45, 2.75) is 25.6 Å². The summed E-state index contributed by atoms with van der Waals surface area (Å²) in [5.74, 6) is 2.38.